The maximum Gasteiger partial charge on any atom is 0.115 e. The van der Waals surface area contributed by atoms with E-state index in [9.17, 15) is 5.11 Å². The van der Waals surface area contributed by atoms with E-state index in [-0.39, 0.29) is 0 Å². The Labute approximate surface area is 92.5 Å². The largest absolute Gasteiger partial charge is 0.508 e. The van der Waals surface area contributed by atoms with Crippen LogP contribution < -0.4 is 0 Å². The standard InChI is InChI=1S/C13H21NO/c1-5-14(10(2)3)11(4)12-6-8-13(15)9-7-12/h6-11,15H,5H2,1-4H3. The summed E-state index contributed by atoms with van der Waals surface area (Å²) in [5, 5.41) is 9.23. The molecule has 0 saturated heterocycles. The van der Waals surface area contributed by atoms with Crippen molar-refractivity contribution in [2.24, 2.45) is 0 Å². The van der Waals surface area contributed by atoms with Gasteiger partial charge in [-0.3, -0.25) is 4.90 Å². The fourth-order valence-corrected chi connectivity index (χ4v) is 2.03. The summed E-state index contributed by atoms with van der Waals surface area (Å²) in [4.78, 5) is 2.42. The number of benzene rings is 1. The van der Waals surface area contributed by atoms with Gasteiger partial charge in [0.2, 0.25) is 0 Å². The topological polar surface area (TPSA) is 23.5 Å². The molecule has 0 spiro atoms. The smallest absolute Gasteiger partial charge is 0.115 e. The minimum absolute atomic E-state index is 0.332. The first-order valence-electron chi connectivity index (χ1n) is 5.61. The van der Waals surface area contributed by atoms with Crippen molar-refractivity contribution < 1.29 is 5.11 Å². The second-order valence-electron chi connectivity index (χ2n) is 4.19. The number of rotatable bonds is 4. The second kappa shape index (κ2) is 5.17. The van der Waals surface area contributed by atoms with Crippen molar-refractivity contribution in [1.82, 2.24) is 4.90 Å². The molecule has 0 aliphatic heterocycles. The Bertz CT molecular complexity index is 292. The van der Waals surface area contributed by atoms with Gasteiger partial charge >= 0.3 is 0 Å². The highest BCUT2D eigenvalue weighted by Gasteiger charge is 2.16. The zero-order chi connectivity index (χ0) is 11.4. The number of hydrogen-bond acceptors (Lipinski definition) is 2. The van der Waals surface area contributed by atoms with Crippen molar-refractivity contribution in [3.05, 3.63) is 29.8 Å². The van der Waals surface area contributed by atoms with Crippen molar-refractivity contribution >= 4 is 0 Å². The van der Waals surface area contributed by atoms with Crippen LogP contribution in [0.1, 0.15) is 39.3 Å². The monoisotopic (exact) mass is 207 g/mol. The third kappa shape index (κ3) is 2.96. The molecule has 15 heavy (non-hydrogen) atoms. The first-order valence-corrected chi connectivity index (χ1v) is 5.61. The molecular formula is C13H21NO. The Balaban J connectivity index is 2.82. The van der Waals surface area contributed by atoms with Gasteiger partial charge in [0.1, 0.15) is 5.75 Å². The molecule has 0 aromatic heterocycles. The van der Waals surface area contributed by atoms with Crippen LogP contribution in [-0.4, -0.2) is 22.6 Å². The third-order valence-corrected chi connectivity index (χ3v) is 2.90. The first kappa shape index (κ1) is 12.1. The van der Waals surface area contributed by atoms with Crippen LogP contribution in [0.25, 0.3) is 0 Å². The lowest BCUT2D eigenvalue weighted by Gasteiger charge is -2.31. The van der Waals surface area contributed by atoms with Gasteiger partial charge < -0.3 is 5.11 Å². The van der Waals surface area contributed by atoms with Gasteiger partial charge in [0, 0.05) is 12.1 Å². The van der Waals surface area contributed by atoms with Crippen molar-refractivity contribution in [3.8, 4) is 5.75 Å². The van der Waals surface area contributed by atoms with Gasteiger partial charge in [-0.2, -0.15) is 0 Å². The Morgan fingerprint density at radius 3 is 2.07 bits per heavy atom. The van der Waals surface area contributed by atoms with Gasteiger partial charge in [0.25, 0.3) is 0 Å². The summed E-state index contributed by atoms with van der Waals surface area (Å²) < 4.78 is 0. The zero-order valence-corrected chi connectivity index (χ0v) is 10.1. The molecule has 1 unspecified atom stereocenters. The third-order valence-electron chi connectivity index (χ3n) is 2.90. The van der Waals surface area contributed by atoms with Crippen LogP contribution in [0.2, 0.25) is 0 Å². The molecule has 0 amide bonds. The van der Waals surface area contributed by atoms with Crippen molar-refractivity contribution in [3.63, 3.8) is 0 Å². The van der Waals surface area contributed by atoms with E-state index < -0.39 is 0 Å². The predicted octanol–water partition coefficient (Wildman–Crippen LogP) is 3.18. The lowest BCUT2D eigenvalue weighted by molar-refractivity contribution is 0.174. The number of phenols is 1. The Morgan fingerprint density at radius 1 is 1.13 bits per heavy atom. The number of hydrogen-bond donors (Lipinski definition) is 1. The molecule has 0 heterocycles. The summed E-state index contributed by atoms with van der Waals surface area (Å²) in [5.74, 6) is 0.332. The van der Waals surface area contributed by atoms with Gasteiger partial charge in [-0.05, 0) is 45.0 Å². The highest BCUT2D eigenvalue weighted by molar-refractivity contribution is 5.27. The van der Waals surface area contributed by atoms with Gasteiger partial charge in [-0.1, -0.05) is 19.1 Å². The molecule has 2 nitrogen and oxygen atoms in total. The Hall–Kier alpha value is -1.02. The Kier molecular flexibility index (Phi) is 4.15. The van der Waals surface area contributed by atoms with E-state index in [0.717, 1.165) is 6.54 Å². The molecule has 0 aliphatic rings. The van der Waals surface area contributed by atoms with Gasteiger partial charge in [-0.25, -0.2) is 0 Å². The van der Waals surface area contributed by atoms with E-state index in [1.807, 2.05) is 12.1 Å². The van der Waals surface area contributed by atoms with Gasteiger partial charge in [0.15, 0.2) is 0 Å². The molecule has 0 bridgehead atoms. The van der Waals surface area contributed by atoms with Crippen LogP contribution in [0.15, 0.2) is 24.3 Å². The number of phenolic OH excluding ortho intramolecular Hbond substituents is 1. The fraction of sp³-hybridized carbons (Fsp3) is 0.538. The van der Waals surface area contributed by atoms with Gasteiger partial charge in [0.05, 0.1) is 0 Å². The molecule has 0 aliphatic carbocycles. The SMILES string of the molecule is CCN(C(C)C)C(C)c1ccc(O)cc1. The highest BCUT2D eigenvalue weighted by atomic mass is 16.3. The van der Waals surface area contributed by atoms with E-state index in [2.05, 4.69) is 32.6 Å². The normalized spacial score (nSPS) is 13.5. The van der Waals surface area contributed by atoms with E-state index in [4.69, 9.17) is 0 Å². The molecule has 1 aromatic carbocycles. The quantitative estimate of drug-likeness (QED) is 0.819. The molecule has 0 saturated carbocycles. The van der Waals surface area contributed by atoms with Gasteiger partial charge in [-0.15, -0.1) is 0 Å². The summed E-state index contributed by atoms with van der Waals surface area (Å²) in [6, 6.07) is 8.42. The molecule has 84 valence electrons. The summed E-state index contributed by atoms with van der Waals surface area (Å²) in [6.07, 6.45) is 0. The minimum Gasteiger partial charge on any atom is -0.508 e. The zero-order valence-electron chi connectivity index (χ0n) is 10.1. The summed E-state index contributed by atoms with van der Waals surface area (Å²) in [6.45, 7) is 9.84. The second-order valence-corrected chi connectivity index (χ2v) is 4.19. The first-order chi connectivity index (χ1) is 7.06. The molecule has 1 aromatic rings. The van der Waals surface area contributed by atoms with Crippen LogP contribution in [0.5, 0.6) is 5.75 Å². The van der Waals surface area contributed by atoms with Crippen LogP contribution in [0, 0.1) is 0 Å². The fourth-order valence-electron chi connectivity index (χ4n) is 2.03. The lowest BCUT2D eigenvalue weighted by atomic mass is 10.1. The molecular weight excluding hydrogens is 186 g/mol. The minimum atomic E-state index is 0.332. The summed E-state index contributed by atoms with van der Waals surface area (Å²) >= 11 is 0. The Morgan fingerprint density at radius 2 is 1.67 bits per heavy atom. The van der Waals surface area contributed by atoms with E-state index in [0.29, 0.717) is 17.8 Å². The van der Waals surface area contributed by atoms with Crippen molar-refractivity contribution in [2.75, 3.05) is 6.54 Å². The van der Waals surface area contributed by atoms with E-state index >= 15 is 0 Å². The van der Waals surface area contributed by atoms with Crippen molar-refractivity contribution in [2.45, 2.75) is 39.8 Å². The highest BCUT2D eigenvalue weighted by Crippen LogP contribution is 2.23. The summed E-state index contributed by atoms with van der Waals surface area (Å²) in [5.41, 5.74) is 1.25. The molecule has 2 heteroatoms. The number of aromatic hydroxyl groups is 1. The molecule has 1 rings (SSSR count). The van der Waals surface area contributed by atoms with E-state index in [1.54, 1.807) is 12.1 Å². The average molecular weight is 207 g/mol. The van der Waals surface area contributed by atoms with E-state index in [1.165, 1.54) is 5.56 Å². The molecule has 0 radical (unpaired) electrons. The predicted molar refractivity (Wildman–Crippen MR) is 64.0 cm³/mol. The number of nitrogens with zero attached hydrogens (tertiary/aromatic N) is 1. The maximum atomic E-state index is 9.23. The molecule has 1 atom stereocenters. The molecule has 0 fully saturated rings. The van der Waals surface area contributed by atoms with Crippen LogP contribution in [0.3, 0.4) is 0 Å². The summed E-state index contributed by atoms with van der Waals surface area (Å²) in [7, 11) is 0. The maximum absolute atomic E-state index is 9.23. The lowest BCUT2D eigenvalue weighted by Crippen LogP contribution is -2.33. The molecule has 1 N–H and O–H groups in total. The van der Waals surface area contributed by atoms with Crippen LogP contribution in [0.4, 0.5) is 0 Å². The van der Waals surface area contributed by atoms with Crippen LogP contribution >= 0.6 is 0 Å². The van der Waals surface area contributed by atoms with Crippen molar-refractivity contribution in [1.29, 1.82) is 0 Å². The average Bonchev–Trinajstić information content (AvgIpc) is 2.19. The van der Waals surface area contributed by atoms with Crippen LogP contribution in [-0.2, 0) is 0 Å².